The second kappa shape index (κ2) is 10.4. The van der Waals surface area contributed by atoms with Crippen LogP contribution in [0.3, 0.4) is 0 Å². The van der Waals surface area contributed by atoms with E-state index in [2.05, 4.69) is 17.6 Å². The Hall–Kier alpha value is -2.17. The highest BCUT2D eigenvalue weighted by Crippen LogP contribution is 2.33. The van der Waals surface area contributed by atoms with Crippen molar-refractivity contribution < 1.29 is 4.79 Å². The number of amides is 1. The van der Waals surface area contributed by atoms with E-state index in [-0.39, 0.29) is 11.8 Å². The van der Waals surface area contributed by atoms with Gasteiger partial charge in [-0.3, -0.25) is 4.79 Å². The molecule has 1 aliphatic rings. The Labute approximate surface area is 193 Å². The number of nitrogens with one attached hydrogen (secondary N) is 1. The van der Waals surface area contributed by atoms with Crippen molar-refractivity contribution in [3.63, 3.8) is 0 Å². The van der Waals surface area contributed by atoms with Gasteiger partial charge in [0.1, 0.15) is 5.01 Å². The number of thiazole rings is 1. The molecule has 3 nitrogen and oxygen atoms in total. The van der Waals surface area contributed by atoms with Gasteiger partial charge in [0.15, 0.2) is 0 Å². The Morgan fingerprint density at radius 2 is 1.71 bits per heavy atom. The predicted molar refractivity (Wildman–Crippen MR) is 132 cm³/mol. The first kappa shape index (κ1) is 22.0. The van der Waals surface area contributed by atoms with Gasteiger partial charge in [-0.2, -0.15) is 0 Å². The average molecular weight is 453 g/mol. The maximum absolute atomic E-state index is 12.7. The van der Waals surface area contributed by atoms with Gasteiger partial charge in [-0.05, 0) is 55.9 Å². The van der Waals surface area contributed by atoms with Crippen molar-refractivity contribution in [2.45, 2.75) is 51.9 Å². The van der Waals surface area contributed by atoms with E-state index in [9.17, 15) is 4.79 Å². The van der Waals surface area contributed by atoms with E-state index in [0.717, 1.165) is 51.3 Å². The summed E-state index contributed by atoms with van der Waals surface area (Å²) in [5.74, 6) is 1.14. The molecule has 0 unspecified atom stereocenters. The van der Waals surface area contributed by atoms with Gasteiger partial charge in [-0.1, -0.05) is 62.1 Å². The number of nitrogens with zero attached hydrogens (tertiary/aromatic N) is 1. The van der Waals surface area contributed by atoms with Crippen molar-refractivity contribution in [1.29, 1.82) is 0 Å². The van der Waals surface area contributed by atoms with Crippen LogP contribution in [0.15, 0.2) is 53.9 Å². The molecule has 1 fully saturated rings. The summed E-state index contributed by atoms with van der Waals surface area (Å²) >= 11 is 7.60. The molecule has 0 atom stereocenters. The number of carbonyl (C=O) groups excluding carboxylic acids is 1. The smallest absolute Gasteiger partial charge is 0.227 e. The van der Waals surface area contributed by atoms with E-state index in [1.165, 1.54) is 32.1 Å². The van der Waals surface area contributed by atoms with Crippen molar-refractivity contribution in [1.82, 2.24) is 4.98 Å². The van der Waals surface area contributed by atoms with Crippen LogP contribution >= 0.6 is 22.9 Å². The molecule has 0 bridgehead atoms. The lowest BCUT2D eigenvalue weighted by Gasteiger charge is -2.27. The first-order chi connectivity index (χ1) is 15.1. The molecule has 1 N–H and O–H groups in total. The quantitative estimate of drug-likeness (QED) is 0.393. The van der Waals surface area contributed by atoms with Crippen LogP contribution < -0.4 is 5.32 Å². The number of unbranched alkanes of at least 4 members (excludes halogenated alkanes) is 1. The highest BCUT2D eigenvalue weighted by molar-refractivity contribution is 7.13. The molecule has 31 heavy (non-hydrogen) atoms. The van der Waals surface area contributed by atoms with Crippen LogP contribution in [0.2, 0.25) is 5.02 Å². The van der Waals surface area contributed by atoms with Gasteiger partial charge in [0.25, 0.3) is 0 Å². The summed E-state index contributed by atoms with van der Waals surface area (Å²) < 4.78 is 0. The molecule has 0 spiro atoms. The summed E-state index contributed by atoms with van der Waals surface area (Å²) in [4.78, 5) is 17.5. The van der Waals surface area contributed by atoms with E-state index in [0.29, 0.717) is 0 Å². The Morgan fingerprint density at radius 1 is 1.03 bits per heavy atom. The number of halogens is 1. The lowest BCUT2D eigenvalue weighted by molar-refractivity contribution is -0.121. The second-order valence-corrected chi connectivity index (χ2v) is 9.77. The Balaban J connectivity index is 1.33. The minimum Gasteiger partial charge on any atom is -0.326 e. The molecule has 1 saturated carbocycles. The van der Waals surface area contributed by atoms with Crippen LogP contribution in [0.4, 0.5) is 5.69 Å². The van der Waals surface area contributed by atoms with Crippen molar-refractivity contribution in [3.05, 3.63) is 58.9 Å². The number of hydrogen-bond acceptors (Lipinski definition) is 3. The van der Waals surface area contributed by atoms with Gasteiger partial charge >= 0.3 is 0 Å². The van der Waals surface area contributed by atoms with Crippen LogP contribution in [0.1, 0.15) is 51.9 Å². The van der Waals surface area contributed by atoms with Crippen molar-refractivity contribution in [2.24, 2.45) is 11.8 Å². The number of aromatic nitrogens is 1. The van der Waals surface area contributed by atoms with Gasteiger partial charge in [-0.25, -0.2) is 4.98 Å². The standard InChI is InChI=1S/C26H29ClN2OS/c1-2-3-4-18-5-7-20(8-6-18)25(30)28-23-15-11-19(12-16-23)24-17-31-26(29-24)21-9-13-22(27)14-10-21/h9-18,20H,2-8H2,1H3,(H,28,30). The fourth-order valence-corrected chi connectivity index (χ4v) is 5.27. The van der Waals surface area contributed by atoms with Gasteiger partial charge in [0.2, 0.25) is 5.91 Å². The summed E-state index contributed by atoms with van der Waals surface area (Å²) in [6.07, 6.45) is 8.32. The molecule has 2 aromatic carbocycles. The molecular formula is C26H29ClN2OS. The molecule has 1 aliphatic carbocycles. The third-order valence-electron chi connectivity index (χ3n) is 6.23. The summed E-state index contributed by atoms with van der Waals surface area (Å²) in [6, 6.07) is 15.7. The van der Waals surface area contributed by atoms with E-state index in [4.69, 9.17) is 16.6 Å². The number of anilines is 1. The van der Waals surface area contributed by atoms with Gasteiger partial charge in [-0.15, -0.1) is 11.3 Å². The van der Waals surface area contributed by atoms with Crippen LogP contribution in [-0.4, -0.2) is 10.9 Å². The number of carbonyl (C=O) groups is 1. The molecule has 0 radical (unpaired) electrons. The molecule has 162 valence electrons. The topological polar surface area (TPSA) is 42.0 Å². The molecule has 1 amide bonds. The second-order valence-electron chi connectivity index (χ2n) is 8.47. The van der Waals surface area contributed by atoms with Crippen LogP contribution in [-0.2, 0) is 4.79 Å². The first-order valence-electron chi connectivity index (χ1n) is 11.2. The predicted octanol–water partition coefficient (Wildman–Crippen LogP) is 8.07. The third-order valence-corrected chi connectivity index (χ3v) is 7.37. The minimum absolute atomic E-state index is 0.151. The number of rotatable bonds is 7. The minimum atomic E-state index is 0.151. The first-order valence-corrected chi connectivity index (χ1v) is 12.5. The molecule has 1 aromatic heterocycles. The normalized spacial score (nSPS) is 18.6. The Bertz CT molecular complexity index is 989. The molecule has 3 aromatic rings. The molecule has 1 heterocycles. The van der Waals surface area contributed by atoms with E-state index < -0.39 is 0 Å². The van der Waals surface area contributed by atoms with Crippen molar-refractivity contribution in [3.8, 4) is 21.8 Å². The van der Waals surface area contributed by atoms with E-state index in [1.54, 1.807) is 11.3 Å². The zero-order chi connectivity index (χ0) is 21.6. The van der Waals surface area contributed by atoms with Gasteiger partial charge in [0.05, 0.1) is 5.69 Å². The molecule has 0 saturated heterocycles. The highest BCUT2D eigenvalue weighted by Gasteiger charge is 2.26. The monoisotopic (exact) mass is 452 g/mol. The molecule has 0 aliphatic heterocycles. The van der Waals surface area contributed by atoms with E-state index >= 15 is 0 Å². The zero-order valence-corrected chi connectivity index (χ0v) is 19.5. The number of benzene rings is 2. The van der Waals surface area contributed by atoms with Gasteiger partial charge < -0.3 is 5.32 Å². The van der Waals surface area contributed by atoms with Crippen LogP contribution in [0, 0.1) is 11.8 Å². The lowest BCUT2D eigenvalue weighted by atomic mass is 9.79. The van der Waals surface area contributed by atoms with Crippen molar-refractivity contribution in [2.75, 3.05) is 5.32 Å². The molecule has 4 rings (SSSR count). The summed E-state index contributed by atoms with van der Waals surface area (Å²) in [5.41, 5.74) is 3.91. The largest absolute Gasteiger partial charge is 0.326 e. The number of hydrogen-bond donors (Lipinski definition) is 1. The fourth-order valence-electron chi connectivity index (χ4n) is 4.31. The van der Waals surface area contributed by atoms with Crippen LogP contribution in [0.25, 0.3) is 21.8 Å². The third kappa shape index (κ3) is 5.75. The van der Waals surface area contributed by atoms with Crippen LogP contribution in [0.5, 0.6) is 0 Å². The summed E-state index contributed by atoms with van der Waals surface area (Å²) in [5, 5.41) is 6.88. The Morgan fingerprint density at radius 3 is 2.39 bits per heavy atom. The molecule has 5 heteroatoms. The average Bonchev–Trinajstić information content (AvgIpc) is 3.29. The maximum Gasteiger partial charge on any atom is 0.227 e. The van der Waals surface area contributed by atoms with Gasteiger partial charge in [0, 0.05) is 33.1 Å². The molecular weight excluding hydrogens is 424 g/mol. The van der Waals surface area contributed by atoms with E-state index in [1.807, 2.05) is 48.5 Å². The summed E-state index contributed by atoms with van der Waals surface area (Å²) in [6.45, 7) is 2.25. The SMILES string of the molecule is CCCCC1CCC(C(=O)Nc2ccc(-c3csc(-c4ccc(Cl)cc4)n3)cc2)CC1. The maximum atomic E-state index is 12.7. The lowest BCUT2D eigenvalue weighted by Crippen LogP contribution is -2.27. The summed E-state index contributed by atoms with van der Waals surface area (Å²) in [7, 11) is 0. The van der Waals surface area contributed by atoms with Crippen molar-refractivity contribution >= 4 is 34.5 Å². The fraction of sp³-hybridized carbons (Fsp3) is 0.385. The Kier molecular flexibility index (Phi) is 7.41. The highest BCUT2D eigenvalue weighted by atomic mass is 35.5. The zero-order valence-electron chi connectivity index (χ0n) is 17.9.